The van der Waals surface area contributed by atoms with Crippen LogP contribution in [0.5, 0.6) is 11.5 Å². The Bertz CT molecular complexity index is 515. The molecule has 0 radical (unpaired) electrons. The van der Waals surface area contributed by atoms with E-state index in [2.05, 4.69) is 0 Å². The van der Waals surface area contributed by atoms with E-state index in [1.165, 1.54) is 5.56 Å². The molecular weight excluding hydrogens is 252 g/mol. The minimum atomic E-state index is -0.441. The number of benzene rings is 2. The molecule has 3 nitrogen and oxygen atoms in total. The van der Waals surface area contributed by atoms with Gasteiger partial charge in [0, 0.05) is 6.42 Å². The standard InChI is InChI=1S/C17H20O3/c1-13(18)15-5-9-17(10-6-15)20-12-11-14-3-7-16(19-2)8-4-14/h3-10,13,18H,11-12H2,1-2H3. The van der Waals surface area contributed by atoms with Crippen molar-refractivity contribution in [1.29, 1.82) is 0 Å². The first-order valence-electron chi connectivity index (χ1n) is 6.73. The van der Waals surface area contributed by atoms with Gasteiger partial charge in [0.1, 0.15) is 11.5 Å². The minimum Gasteiger partial charge on any atom is -0.497 e. The fraction of sp³-hybridized carbons (Fsp3) is 0.294. The second-order valence-corrected chi connectivity index (χ2v) is 4.69. The van der Waals surface area contributed by atoms with Crippen LogP contribution < -0.4 is 9.47 Å². The van der Waals surface area contributed by atoms with Crippen LogP contribution in [-0.2, 0) is 6.42 Å². The summed E-state index contributed by atoms with van der Waals surface area (Å²) in [4.78, 5) is 0. The lowest BCUT2D eigenvalue weighted by atomic mass is 10.1. The topological polar surface area (TPSA) is 38.7 Å². The molecule has 0 spiro atoms. The summed E-state index contributed by atoms with van der Waals surface area (Å²) in [6.07, 6.45) is 0.408. The first-order chi connectivity index (χ1) is 9.69. The van der Waals surface area contributed by atoms with E-state index in [1.807, 2.05) is 48.5 Å². The zero-order valence-corrected chi connectivity index (χ0v) is 11.9. The Morgan fingerprint density at radius 1 is 0.950 bits per heavy atom. The molecule has 1 unspecified atom stereocenters. The summed E-state index contributed by atoms with van der Waals surface area (Å²) in [5.41, 5.74) is 2.11. The molecule has 0 aliphatic rings. The van der Waals surface area contributed by atoms with E-state index < -0.39 is 6.10 Å². The molecule has 0 aliphatic heterocycles. The highest BCUT2D eigenvalue weighted by Crippen LogP contribution is 2.18. The number of aliphatic hydroxyl groups is 1. The van der Waals surface area contributed by atoms with Crippen molar-refractivity contribution < 1.29 is 14.6 Å². The minimum absolute atomic E-state index is 0.441. The molecule has 0 saturated heterocycles. The molecule has 2 aromatic carbocycles. The number of rotatable bonds is 6. The maximum Gasteiger partial charge on any atom is 0.119 e. The molecule has 0 fully saturated rings. The van der Waals surface area contributed by atoms with E-state index in [0.717, 1.165) is 23.5 Å². The third kappa shape index (κ3) is 4.00. The summed E-state index contributed by atoms with van der Waals surface area (Å²) < 4.78 is 10.8. The van der Waals surface area contributed by atoms with Crippen LogP contribution in [0.4, 0.5) is 0 Å². The number of hydrogen-bond acceptors (Lipinski definition) is 3. The predicted molar refractivity (Wildman–Crippen MR) is 79.3 cm³/mol. The van der Waals surface area contributed by atoms with Crippen molar-refractivity contribution in [2.75, 3.05) is 13.7 Å². The Morgan fingerprint density at radius 2 is 1.55 bits per heavy atom. The van der Waals surface area contributed by atoms with Gasteiger partial charge in [0.25, 0.3) is 0 Å². The highest BCUT2D eigenvalue weighted by molar-refractivity contribution is 5.29. The SMILES string of the molecule is COc1ccc(CCOc2ccc(C(C)O)cc2)cc1. The Balaban J connectivity index is 1.82. The molecule has 3 heteroatoms. The molecule has 0 aromatic heterocycles. The van der Waals surface area contributed by atoms with Crippen LogP contribution in [0.3, 0.4) is 0 Å². The van der Waals surface area contributed by atoms with Crippen LogP contribution in [0.2, 0.25) is 0 Å². The van der Waals surface area contributed by atoms with E-state index in [0.29, 0.717) is 6.61 Å². The summed E-state index contributed by atoms with van der Waals surface area (Å²) in [5, 5.41) is 9.43. The first kappa shape index (κ1) is 14.4. The van der Waals surface area contributed by atoms with E-state index in [9.17, 15) is 5.11 Å². The van der Waals surface area contributed by atoms with Gasteiger partial charge in [-0.15, -0.1) is 0 Å². The summed E-state index contributed by atoms with van der Waals surface area (Å²) in [6, 6.07) is 15.5. The van der Waals surface area contributed by atoms with Gasteiger partial charge in [-0.1, -0.05) is 24.3 Å². The van der Waals surface area contributed by atoms with Gasteiger partial charge in [-0.3, -0.25) is 0 Å². The van der Waals surface area contributed by atoms with Crippen molar-refractivity contribution in [3.05, 3.63) is 59.7 Å². The molecule has 20 heavy (non-hydrogen) atoms. The van der Waals surface area contributed by atoms with E-state index in [-0.39, 0.29) is 0 Å². The summed E-state index contributed by atoms with van der Waals surface area (Å²) in [6.45, 7) is 2.37. The average Bonchev–Trinajstić information content (AvgIpc) is 2.48. The second kappa shape index (κ2) is 6.96. The van der Waals surface area contributed by atoms with Gasteiger partial charge in [0.05, 0.1) is 19.8 Å². The normalized spacial score (nSPS) is 11.9. The van der Waals surface area contributed by atoms with Crippen molar-refractivity contribution in [2.45, 2.75) is 19.4 Å². The predicted octanol–water partition coefficient (Wildman–Crippen LogP) is 3.37. The summed E-state index contributed by atoms with van der Waals surface area (Å²) in [7, 11) is 1.66. The van der Waals surface area contributed by atoms with Crippen molar-refractivity contribution in [2.24, 2.45) is 0 Å². The number of hydrogen-bond donors (Lipinski definition) is 1. The molecule has 1 atom stereocenters. The fourth-order valence-electron chi connectivity index (χ4n) is 1.92. The molecule has 0 amide bonds. The largest absolute Gasteiger partial charge is 0.497 e. The lowest BCUT2D eigenvalue weighted by molar-refractivity contribution is 0.199. The molecular formula is C17H20O3. The monoisotopic (exact) mass is 272 g/mol. The van der Waals surface area contributed by atoms with Crippen molar-refractivity contribution in [1.82, 2.24) is 0 Å². The zero-order chi connectivity index (χ0) is 14.4. The third-order valence-corrected chi connectivity index (χ3v) is 3.18. The van der Waals surface area contributed by atoms with Gasteiger partial charge in [0.15, 0.2) is 0 Å². The Hall–Kier alpha value is -2.00. The van der Waals surface area contributed by atoms with Gasteiger partial charge < -0.3 is 14.6 Å². The quantitative estimate of drug-likeness (QED) is 0.876. The van der Waals surface area contributed by atoms with E-state index in [1.54, 1.807) is 14.0 Å². The maximum atomic E-state index is 9.43. The Kier molecular flexibility index (Phi) is 5.02. The van der Waals surface area contributed by atoms with Crippen molar-refractivity contribution in [3.63, 3.8) is 0 Å². The highest BCUT2D eigenvalue weighted by atomic mass is 16.5. The molecule has 0 saturated carbocycles. The van der Waals surface area contributed by atoms with Crippen LogP contribution in [0.15, 0.2) is 48.5 Å². The molecule has 0 heterocycles. The van der Waals surface area contributed by atoms with Crippen LogP contribution >= 0.6 is 0 Å². The van der Waals surface area contributed by atoms with Crippen LogP contribution in [0.1, 0.15) is 24.2 Å². The van der Waals surface area contributed by atoms with Gasteiger partial charge in [0.2, 0.25) is 0 Å². The van der Waals surface area contributed by atoms with Gasteiger partial charge in [-0.25, -0.2) is 0 Å². The lowest BCUT2D eigenvalue weighted by Crippen LogP contribution is -2.01. The van der Waals surface area contributed by atoms with Crippen molar-refractivity contribution >= 4 is 0 Å². The fourth-order valence-corrected chi connectivity index (χ4v) is 1.92. The van der Waals surface area contributed by atoms with Gasteiger partial charge in [-0.2, -0.15) is 0 Å². The molecule has 1 N–H and O–H groups in total. The Morgan fingerprint density at radius 3 is 2.10 bits per heavy atom. The first-order valence-corrected chi connectivity index (χ1v) is 6.73. The molecule has 0 bridgehead atoms. The van der Waals surface area contributed by atoms with Crippen LogP contribution in [-0.4, -0.2) is 18.8 Å². The number of ether oxygens (including phenoxy) is 2. The zero-order valence-electron chi connectivity index (χ0n) is 11.9. The van der Waals surface area contributed by atoms with Crippen molar-refractivity contribution in [3.8, 4) is 11.5 Å². The molecule has 106 valence electrons. The number of methoxy groups -OCH3 is 1. The second-order valence-electron chi connectivity index (χ2n) is 4.69. The van der Waals surface area contributed by atoms with Gasteiger partial charge >= 0.3 is 0 Å². The molecule has 2 aromatic rings. The molecule has 2 rings (SSSR count). The third-order valence-electron chi connectivity index (χ3n) is 3.18. The average molecular weight is 272 g/mol. The Labute approximate surface area is 119 Å². The van der Waals surface area contributed by atoms with Gasteiger partial charge in [-0.05, 0) is 42.3 Å². The van der Waals surface area contributed by atoms with Crippen LogP contribution in [0, 0.1) is 0 Å². The molecule has 0 aliphatic carbocycles. The maximum absolute atomic E-state index is 9.43. The lowest BCUT2D eigenvalue weighted by Gasteiger charge is -2.09. The van der Waals surface area contributed by atoms with Crippen LogP contribution in [0.25, 0.3) is 0 Å². The smallest absolute Gasteiger partial charge is 0.119 e. The summed E-state index contributed by atoms with van der Waals surface area (Å²) in [5.74, 6) is 1.69. The van der Waals surface area contributed by atoms with E-state index >= 15 is 0 Å². The highest BCUT2D eigenvalue weighted by Gasteiger charge is 2.01. The van der Waals surface area contributed by atoms with E-state index in [4.69, 9.17) is 9.47 Å². The number of aliphatic hydroxyl groups excluding tert-OH is 1. The summed E-state index contributed by atoms with van der Waals surface area (Å²) >= 11 is 0.